The minimum atomic E-state index is -1.67. The number of aromatic nitrogens is 3. The van der Waals surface area contributed by atoms with E-state index >= 15 is 4.39 Å². The van der Waals surface area contributed by atoms with Gasteiger partial charge in [0, 0.05) is 23.6 Å². The van der Waals surface area contributed by atoms with Gasteiger partial charge in [-0.05, 0) is 56.3 Å². The number of rotatable bonds is 8. The van der Waals surface area contributed by atoms with Crippen molar-refractivity contribution in [2.24, 2.45) is 5.73 Å². The molecule has 0 aliphatic rings. The minimum Gasteiger partial charge on any atom is -0.496 e. The number of nitriles is 1. The number of ether oxygens (including phenoxy) is 1. The van der Waals surface area contributed by atoms with Gasteiger partial charge in [0.1, 0.15) is 18.0 Å². The van der Waals surface area contributed by atoms with E-state index in [9.17, 15) is 15.2 Å². The number of carbonyl (C=O) groups is 1. The number of hydrogen-bond donors (Lipinski definition) is 2. The first-order valence-electron chi connectivity index (χ1n) is 11.1. The van der Waals surface area contributed by atoms with Crippen molar-refractivity contribution in [1.29, 1.82) is 5.26 Å². The standard InChI is InChI=1S/C26H25FN6O3/c1-26(2,35)24(27)15-32(21-8-9-30-14-20(21)25(29)34)17-5-7-23(36-3)19(11-17)22-6-4-18-10-16(12-28)13-31-33(18)22/h4-11,13-14,24,35H,15H2,1-3H3,(H2,29,34)/t24-/m1/s1. The van der Waals surface area contributed by atoms with Crippen molar-refractivity contribution in [2.45, 2.75) is 25.6 Å². The summed E-state index contributed by atoms with van der Waals surface area (Å²) in [6.45, 7) is 2.49. The first kappa shape index (κ1) is 24.6. The van der Waals surface area contributed by atoms with Gasteiger partial charge in [-0.2, -0.15) is 10.4 Å². The number of methoxy groups -OCH3 is 1. The van der Waals surface area contributed by atoms with Gasteiger partial charge in [-0.1, -0.05) is 0 Å². The van der Waals surface area contributed by atoms with Crippen molar-refractivity contribution in [1.82, 2.24) is 14.6 Å². The van der Waals surface area contributed by atoms with Crippen LogP contribution in [0.1, 0.15) is 29.8 Å². The smallest absolute Gasteiger partial charge is 0.252 e. The molecule has 4 rings (SSSR count). The highest BCUT2D eigenvalue weighted by Crippen LogP contribution is 2.38. The van der Waals surface area contributed by atoms with Crippen molar-refractivity contribution in [2.75, 3.05) is 18.6 Å². The molecule has 0 radical (unpaired) electrons. The maximum atomic E-state index is 15.2. The third-order valence-electron chi connectivity index (χ3n) is 5.86. The SMILES string of the molecule is COc1ccc(N(C[C@@H](F)C(C)(C)O)c2ccncc2C(N)=O)cc1-c1ccc2cc(C#N)cnn12. The van der Waals surface area contributed by atoms with Gasteiger partial charge in [-0.15, -0.1) is 0 Å². The molecular formula is C26H25FN6O3. The summed E-state index contributed by atoms with van der Waals surface area (Å²) in [7, 11) is 1.53. The molecule has 0 spiro atoms. The predicted molar refractivity (Wildman–Crippen MR) is 133 cm³/mol. The molecule has 10 heteroatoms. The van der Waals surface area contributed by atoms with E-state index in [0.29, 0.717) is 39.5 Å². The molecule has 0 saturated heterocycles. The molecule has 184 valence electrons. The van der Waals surface area contributed by atoms with Gasteiger partial charge < -0.3 is 20.5 Å². The summed E-state index contributed by atoms with van der Waals surface area (Å²) in [6.07, 6.45) is 2.60. The molecule has 0 aliphatic heterocycles. The Morgan fingerprint density at radius 1 is 1.28 bits per heavy atom. The quantitative estimate of drug-likeness (QED) is 0.387. The highest BCUT2D eigenvalue weighted by atomic mass is 19.1. The van der Waals surface area contributed by atoms with Crippen LogP contribution in [-0.2, 0) is 0 Å². The fourth-order valence-electron chi connectivity index (χ4n) is 3.87. The molecule has 3 aromatic heterocycles. The van der Waals surface area contributed by atoms with Crippen molar-refractivity contribution in [3.8, 4) is 23.1 Å². The molecule has 0 saturated carbocycles. The van der Waals surface area contributed by atoms with Gasteiger partial charge in [0.05, 0.1) is 53.5 Å². The maximum absolute atomic E-state index is 15.2. The van der Waals surface area contributed by atoms with E-state index in [4.69, 9.17) is 10.5 Å². The molecule has 1 amide bonds. The van der Waals surface area contributed by atoms with E-state index in [1.54, 1.807) is 39.7 Å². The number of primary amides is 1. The monoisotopic (exact) mass is 488 g/mol. The lowest BCUT2D eigenvalue weighted by atomic mass is 10.0. The third-order valence-corrected chi connectivity index (χ3v) is 5.86. The van der Waals surface area contributed by atoms with Crippen molar-refractivity contribution >= 4 is 22.8 Å². The Bertz CT molecular complexity index is 1470. The van der Waals surface area contributed by atoms with Crippen LogP contribution in [0.25, 0.3) is 16.8 Å². The van der Waals surface area contributed by atoms with Crippen LogP contribution in [0.5, 0.6) is 5.75 Å². The number of carbonyl (C=O) groups excluding carboxylic acids is 1. The Labute approximate surface area is 207 Å². The van der Waals surface area contributed by atoms with Crippen molar-refractivity contribution in [3.63, 3.8) is 0 Å². The summed E-state index contributed by atoms with van der Waals surface area (Å²) in [5.74, 6) is -0.181. The highest BCUT2D eigenvalue weighted by molar-refractivity contribution is 5.99. The lowest BCUT2D eigenvalue weighted by Crippen LogP contribution is -2.41. The Morgan fingerprint density at radius 3 is 2.72 bits per heavy atom. The number of halogens is 1. The van der Waals surface area contributed by atoms with Crippen LogP contribution in [0.2, 0.25) is 0 Å². The van der Waals surface area contributed by atoms with Crippen LogP contribution < -0.4 is 15.4 Å². The Kier molecular flexibility index (Phi) is 6.59. The molecule has 0 bridgehead atoms. The van der Waals surface area contributed by atoms with E-state index in [-0.39, 0.29) is 12.1 Å². The van der Waals surface area contributed by atoms with Crippen LogP contribution >= 0.6 is 0 Å². The van der Waals surface area contributed by atoms with E-state index in [2.05, 4.69) is 16.2 Å². The maximum Gasteiger partial charge on any atom is 0.252 e. The summed E-state index contributed by atoms with van der Waals surface area (Å²) in [4.78, 5) is 17.7. The summed E-state index contributed by atoms with van der Waals surface area (Å²) in [5.41, 5.74) is 7.39. The third kappa shape index (κ3) is 4.69. The number of nitrogens with two attached hydrogens (primary N) is 1. The lowest BCUT2D eigenvalue weighted by Gasteiger charge is -2.32. The lowest BCUT2D eigenvalue weighted by molar-refractivity contribution is 0.00145. The number of fused-ring (bicyclic) bond motifs is 1. The molecule has 4 aromatic rings. The van der Waals surface area contributed by atoms with Crippen LogP contribution in [0.3, 0.4) is 0 Å². The Hall–Kier alpha value is -4.49. The normalized spacial score (nSPS) is 12.2. The largest absolute Gasteiger partial charge is 0.496 e. The number of pyridine rings is 1. The van der Waals surface area contributed by atoms with Gasteiger partial charge in [0.25, 0.3) is 5.91 Å². The van der Waals surface area contributed by atoms with E-state index < -0.39 is 17.7 Å². The summed E-state index contributed by atoms with van der Waals surface area (Å²) >= 11 is 0. The fourth-order valence-corrected chi connectivity index (χ4v) is 3.87. The van der Waals surface area contributed by atoms with Crippen LogP contribution in [0.15, 0.2) is 61.1 Å². The number of nitrogens with zero attached hydrogens (tertiary/aromatic N) is 5. The van der Waals surface area contributed by atoms with Gasteiger partial charge in [-0.3, -0.25) is 9.78 Å². The summed E-state index contributed by atoms with van der Waals surface area (Å²) < 4.78 is 22.4. The second kappa shape index (κ2) is 9.64. The van der Waals surface area contributed by atoms with Gasteiger partial charge in [0.15, 0.2) is 0 Å². The number of aliphatic hydroxyl groups is 1. The minimum absolute atomic E-state index is 0.108. The predicted octanol–water partition coefficient (Wildman–Crippen LogP) is 3.62. The van der Waals surface area contributed by atoms with Crippen LogP contribution in [-0.4, -0.2) is 51.0 Å². The molecule has 0 fully saturated rings. The number of benzene rings is 1. The highest BCUT2D eigenvalue weighted by Gasteiger charge is 2.31. The van der Waals surface area contributed by atoms with E-state index in [1.807, 2.05) is 12.1 Å². The zero-order valence-corrected chi connectivity index (χ0v) is 20.0. The average Bonchev–Trinajstić information content (AvgIpc) is 3.29. The summed E-state index contributed by atoms with van der Waals surface area (Å²) in [6, 6.07) is 14.2. The first-order chi connectivity index (χ1) is 17.1. The molecule has 9 nitrogen and oxygen atoms in total. The van der Waals surface area contributed by atoms with Gasteiger partial charge in [0.2, 0.25) is 0 Å². The molecule has 0 unspecified atom stereocenters. The Morgan fingerprint density at radius 2 is 2.06 bits per heavy atom. The first-order valence-corrected chi connectivity index (χ1v) is 11.1. The molecule has 36 heavy (non-hydrogen) atoms. The molecule has 0 aliphatic carbocycles. The van der Waals surface area contributed by atoms with Gasteiger partial charge in [-0.25, -0.2) is 8.91 Å². The number of alkyl halides is 1. The Balaban J connectivity index is 1.90. The number of amides is 1. The van der Waals surface area contributed by atoms with Gasteiger partial charge >= 0.3 is 0 Å². The summed E-state index contributed by atoms with van der Waals surface area (Å²) in [5, 5.41) is 23.9. The second-order valence-electron chi connectivity index (χ2n) is 8.78. The molecule has 1 atom stereocenters. The fraction of sp³-hybridized carbons (Fsp3) is 0.231. The zero-order chi connectivity index (χ0) is 26.0. The van der Waals surface area contributed by atoms with Crippen LogP contribution in [0, 0.1) is 11.3 Å². The topological polar surface area (TPSA) is 130 Å². The van der Waals surface area contributed by atoms with E-state index in [0.717, 1.165) is 0 Å². The van der Waals surface area contributed by atoms with Crippen molar-refractivity contribution in [3.05, 3.63) is 72.2 Å². The number of hydrogen-bond acceptors (Lipinski definition) is 7. The van der Waals surface area contributed by atoms with E-state index in [1.165, 1.54) is 39.5 Å². The second-order valence-corrected chi connectivity index (χ2v) is 8.78. The average molecular weight is 489 g/mol. The zero-order valence-electron chi connectivity index (χ0n) is 20.0. The molecule has 1 aromatic carbocycles. The number of anilines is 2. The van der Waals surface area contributed by atoms with Crippen molar-refractivity contribution < 1.29 is 19.0 Å². The van der Waals surface area contributed by atoms with Crippen LogP contribution in [0.4, 0.5) is 15.8 Å². The molecule has 3 N–H and O–H groups in total. The molecule has 3 heterocycles. The molecular weight excluding hydrogens is 463 g/mol.